The van der Waals surface area contributed by atoms with E-state index in [2.05, 4.69) is 22.8 Å². The maximum Gasteiger partial charge on any atom is 0.341 e. The lowest BCUT2D eigenvalue weighted by Gasteiger charge is -2.18. The normalized spacial score (nSPS) is 15.4. The highest BCUT2D eigenvalue weighted by Crippen LogP contribution is 2.40. The molecule has 0 bridgehead atoms. The van der Waals surface area contributed by atoms with Gasteiger partial charge in [-0.1, -0.05) is 36.2 Å². The smallest absolute Gasteiger partial charge is 0.341 e. The highest BCUT2D eigenvalue weighted by molar-refractivity contribution is 7.17. The standard InChI is InChI=1S/C21H21Cl2N3O4S/c1-3-30-21(29)17-12-8-7-11(2)9-16(12)31-20(17)25-18(27)19(28)26-24-10-13-14(22)5-4-6-15(13)23/h4-6,10-11H,3,7-9H2,1-2H3,(H,25,27)(H,26,28)/b24-10-/t11-/m1/s1. The Morgan fingerprint density at radius 1 is 1.26 bits per heavy atom. The van der Waals surface area contributed by atoms with Crippen LogP contribution in [-0.2, 0) is 27.2 Å². The van der Waals surface area contributed by atoms with Crippen molar-refractivity contribution in [2.75, 3.05) is 11.9 Å². The van der Waals surface area contributed by atoms with Crippen molar-refractivity contribution in [1.82, 2.24) is 5.43 Å². The molecule has 0 aliphatic heterocycles. The number of rotatable bonds is 5. The van der Waals surface area contributed by atoms with Gasteiger partial charge in [0, 0.05) is 10.4 Å². The molecule has 1 heterocycles. The van der Waals surface area contributed by atoms with Crippen molar-refractivity contribution < 1.29 is 19.1 Å². The number of ether oxygens (including phenoxy) is 1. The molecule has 7 nitrogen and oxygen atoms in total. The Morgan fingerprint density at radius 2 is 1.97 bits per heavy atom. The van der Waals surface area contributed by atoms with Crippen LogP contribution in [0.4, 0.5) is 5.00 Å². The quantitative estimate of drug-likeness (QED) is 0.285. The van der Waals surface area contributed by atoms with Gasteiger partial charge in [-0.2, -0.15) is 5.10 Å². The molecule has 1 atom stereocenters. The fourth-order valence-electron chi connectivity index (χ4n) is 3.26. The number of carbonyl (C=O) groups is 3. The van der Waals surface area contributed by atoms with Crippen molar-refractivity contribution in [1.29, 1.82) is 0 Å². The van der Waals surface area contributed by atoms with Gasteiger partial charge in [0.05, 0.1) is 28.4 Å². The number of nitrogens with one attached hydrogen (secondary N) is 2. The average molecular weight is 482 g/mol. The van der Waals surface area contributed by atoms with Crippen LogP contribution in [0.25, 0.3) is 0 Å². The largest absolute Gasteiger partial charge is 0.462 e. The number of thiophene rings is 1. The average Bonchev–Trinajstić information content (AvgIpc) is 3.07. The molecule has 1 aliphatic rings. The molecule has 3 rings (SSSR count). The minimum Gasteiger partial charge on any atom is -0.462 e. The highest BCUT2D eigenvalue weighted by Gasteiger charge is 2.30. The zero-order chi connectivity index (χ0) is 22.5. The number of hydrazone groups is 1. The van der Waals surface area contributed by atoms with E-state index < -0.39 is 17.8 Å². The first kappa shape index (κ1) is 23.2. The number of benzene rings is 1. The van der Waals surface area contributed by atoms with E-state index in [1.165, 1.54) is 17.6 Å². The van der Waals surface area contributed by atoms with Gasteiger partial charge in [0.15, 0.2) is 0 Å². The Bertz CT molecular complexity index is 1030. The number of amides is 2. The predicted molar refractivity (Wildman–Crippen MR) is 122 cm³/mol. The van der Waals surface area contributed by atoms with Crippen LogP contribution in [0.2, 0.25) is 10.0 Å². The second-order valence-corrected chi connectivity index (χ2v) is 8.98. The predicted octanol–water partition coefficient (Wildman–Crippen LogP) is 4.45. The van der Waals surface area contributed by atoms with Gasteiger partial charge < -0.3 is 10.1 Å². The third-order valence-electron chi connectivity index (χ3n) is 4.78. The molecule has 0 saturated heterocycles. The zero-order valence-corrected chi connectivity index (χ0v) is 19.3. The van der Waals surface area contributed by atoms with Gasteiger partial charge in [-0.3, -0.25) is 9.59 Å². The molecule has 0 saturated carbocycles. The third kappa shape index (κ3) is 5.44. The monoisotopic (exact) mass is 481 g/mol. The summed E-state index contributed by atoms with van der Waals surface area (Å²) in [6.45, 7) is 4.07. The lowest BCUT2D eigenvalue weighted by Crippen LogP contribution is -2.32. The van der Waals surface area contributed by atoms with Gasteiger partial charge in [0.1, 0.15) is 5.00 Å². The number of fused-ring (bicyclic) bond motifs is 1. The first-order valence-corrected chi connectivity index (χ1v) is 11.3. The van der Waals surface area contributed by atoms with Crippen LogP contribution in [0, 0.1) is 5.92 Å². The Hall–Kier alpha value is -2.42. The van der Waals surface area contributed by atoms with Gasteiger partial charge in [-0.15, -0.1) is 11.3 Å². The summed E-state index contributed by atoms with van der Waals surface area (Å²) in [6.07, 6.45) is 3.75. The van der Waals surface area contributed by atoms with Gasteiger partial charge in [0.25, 0.3) is 0 Å². The van der Waals surface area contributed by atoms with Crippen LogP contribution in [0.15, 0.2) is 23.3 Å². The highest BCUT2D eigenvalue weighted by atomic mass is 35.5. The Morgan fingerprint density at radius 3 is 2.65 bits per heavy atom. The molecule has 0 unspecified atom stereocenters. The summed E-state index contributed by atoms with van der Waals surface area (Å²) < 4.78 is 5.17. The topological polar surface area (TPSA) is 96.9 Å². The molecule has 2 N–H and O–H groups in total. The number of nitrogens with zero attached hydrogens (tertiary/aromatic N) is 1. The summed E-state index contributed by atoms with van der Waals surface area (Å²) in [7, 11) is 0. The summed E-state index contributed by atoms with van der Waals surface area (Å²) in [5.41, 5.74) is 3.78. The fourth-order valence-corrected chi connectivity index (χ4v) is 5.15. The third-order valence-corrected chi connectivity index (χ3v) is 6.61. The fraction of sp³-hybridized carbons (Fsp3) is 0.333. The van der Waals surface area contributed by atoms with Crippen molar-refractivity contribution in [3.05, 3.63) is 49.8 Å². The van der Waals surface area contributed by atoms with Gasteiger partial charge in [0.2, 0.25) is 0 Å². The number of esters is 1. The van der Waals surface area contributed by atoms with Crippen molar-refractivity contribution >= 4 is 63.5 Å². The van der Waals surface area contributed by atoms with Gasteiger partial charge >= 0.3 is 17.8 Å². The maximum absolute atomic E-state index is 12.5. The zero-order valence-electron chi connectivity index (χ0n) is 17.0. The lowest BCUT2D eigenvalue weighted by atomic mass is 9.88. The van der Waals surface area contributed by atoms with E-state index in [-0.39, 0.29) is 6.61 Å². The molecule has 1 aliphatic carbocycles. The number of carbonyl (C=O) groups excluding carboxylic acids is 3. The Labute approximate surface area is 193 Å². The second-order valence-electron chi connectivity index (χ2n) is 7.06. The number of hydrogen-bond donors (Lipinski definition) is 2. The summed E-state index contributed by atoms with van der Waals surface area (Å²) in [4.78, 5) is 38.1. The molecule has 0 radical (unpaired) electrons. The van der Waals surface area contributed by atoms with Crippen molar-refractivity contribution in [2.24, 2.45) is 11.0 Å². The molecule has 1 aromatic carbocycles. The maximum atomic E-state index is 12.5. The summed E-state index contributed by atoms with van der Waals surface area (Å²) in [6, 6.07) is 4.93. The van der Waals surface area contributed by atoms with Crippen molar-refractivity contribution in [3.63, 3.8) is 0 Å². The second kappa shape index (κ2) is 10.3. The summed E-state index contributed by atoms with van der Waals surface area (Å²) in [5, 5.41) is 7.30. The van der Waals surface area contributed by atoms with E-state index in [9.17, 15) is 14.4 Å². The van der Waals surface area contributed by atoms with Crippen LogP contribution in [0.1, 0.15) is 46.6 Å². The molecule has 2 aromatic rings. The molecular formula is C21H21Cl2N3O4S. The first-order chi connectivity index (χ1) is 14.8. The molecule has 0 spiro atoms. The molecule has 164 valence electrons. The molecule has 10 heteroatoms. The first-order valence-electron chi connectivity index (χ1n) is 9.71. The van der Waals surface area contributed by atoms with E-state index in [1.54, 1.807) is 25.1 Å². The van der Waals surface area contributed by atoms with E-state index >= 15 is 0 Å². The molecule has 0 fully saturated rings. The van der Waals surface area contributed by atoms with Crippen molar-refractivity contribution in [3.8, 4) is 0 Å². The Kier molecular flexibility index (Phi) is 7.69. The van der Waals surface area contributed by atoms with Crippen LogP contribution >= 0.6 is 34.5 Å². The van der Waals surface area contributed by atoms with E-state index in [1.807, 2.05) is 0 Å². The summed E-state index contributed by atoms with van der Waals surface area (Å²) >= 11 is 13.4. The lowest BCUT2D eigenvalue weighted by molar-refractivity contribution is -0.136. The minimum absolute atomic E-state index is 0.215. The minimum atomic E-state index is -0.992. The number of anilines is 1. The SMILES string of the molecule is CCOC(=O)c1c(NC(=O)C(=O)N/N=C\c2c(Cl)cccc2Cl)sc2c1CC[C@@H](C)C2. The van der Waals surface area contributed by atoms with Crippen molar-refractivity contribution in [2.45, 2.75) is 33.1 Å². The van der Waals surface area contributed by atoms with Crippen LogP contribution in [0.3, 0.4) is 0 Å². The van der Waals surface area contributed by atoms with Gasteiger partial charge in [-0.25, -0.2) is 10.2 Å². The summed E-state index contributed by atoms with van der Waals surface area (Å²) in [5.74, 6) is -1.95. The van der Waals surface area contributed by atoms with Gasteiger partial charge in [-0.05, 0) is 49.8 Å². The van der Waals surface area contributed by atoms with E-state index in [4.69, 9.17) is 27.9 Å². The molecular weight excluding hydrogens is 461 g/mol. The van der Waals surface area contributed by atoms with E-state index in [0.29, 0.717) is 32.1 Å². The molecule has 31 heavy (non-hydrogen) atoms. The Balaban J connectivity index is 1.74. The molecule has 1 aromatic heterocycles. The van der Waals surface area contributed by atoms with Crippen LogP contribution in [0.5, 0.6) is 0 Å². The van der Waals surface area contributed by atoms with Crippen LogP contribution in [-0.4, -0.2) is 30.6 Å². The van der Waals surface area contributed by atoms with Crippen LogP contribution < -0.4 is 10.7 Å². The molecule has 2 amide bonds. The number of halogens is 2. The number of hydrogen-bond acceptors (Lipinski definition) is 6. The van der Waals surface area contributed by atoms with E-state index in [0.717, 1.165) is 29.7 Å².